The second kappa shape index (κ2) is 7.92. The Bertz CT molecular complexity index is 980. The zero-order chi connectivity index (χ0) is 19.4. The van der Waals surface area contributed by atoms with E-state index in [0.717, 1.165) is 16.5 Å². The van der Waals surface area contributed by atoms with E-state index < -0.39 is 11.9 Å². The smallest absolute Gasteiger partial charge is 0.242 e. The molecule has 0 saturated heterocycles. The van der Waals surface area contributed by atoms with Crippen LogP contribution in [0, 0.1) is 0 Å². The number of para-hydroxylation sites is 1. The van der Waals surface area contributed by atoms with Gasteiger partial charge in [0.2, 0.25) is 5.91 Å². The minimum absolute atomic E-state index is 0.231. The molecule has 1 amide bonds. The Morgan fingerprint density at radius 3 is 2.63 bits per heavy atom. The molecule has 0 spiro atoms. The third-order valence-corrected chi connectivity index (χ3v) is 4.39. The molecule has 1 atom stereocenters. The Labute approximate surface area is 156 Å². The van der Waals surface area contributed by atoms with Gasteiger partial charge in [0.1, 0.15) is 11.5 Å². The number of aromatic amines is 1. The molecule has 1 unspecified atom stereocenters. The van der Waals surface area contributed by atoms with Crippen LogP contribution in [0.1, 0.15) is 15.9 Å². The Balaban J connectivity index is 1.82. The van der Waals surface area contributed by atoms with Crippen LogP contribution in [0.4, 0.5) is 0 Å². The molecule has 4 N–H and O–H groups in total. The van der Waals surface area contributed by atoms with Crippen LogP contribution in [-0.2, 0) is 11.3 Å². The highest BCUT2D eigenvalue weighted by Gasteiger charge is 2.27. The molecule has 1 aromatic heterocycles. The van der Waals surface area contributed by atoms with Gasteiger partial charge in [0, 0.05) is 40.8 Å². The number of carbonyl (C=O) groups excluding carboxylic acids is 2. The molecule has 27 heavy (non-hydrogen) atoms. The van der Waals surface area contributed by atoms with Crippen molar-refractivity contribution in [2.75, 3.05) is 14.2 Å². The highest BCUT2D eigenvalue weighted by molar-refractivity contribution is 6.18. The SMILES string of the molecule is COc1ccc(CNC(C(N)=O)C(=O)c2c[nH]c3ccccc23)c(OC)c1. The normalized spacial score (nSPS) is 11.9. The molecular weight excluding hydrogens is 346 g/mol. The number of methoxy groups -OCH3 is 2. The molecule has 0 saturated carbocycles. The van der Waals surface area contributed by atoms with E-state index in [9.17, 15) is 9.59 Å². The number of H-pyrrole nitrogens is 1. The number of hydrogen-bond acceptors (Lipinski definition) is 5. The van der Waals surface area contributed by atoms with E-state index in [0.29, 0.717) is 17.1 Å². The van der Waals surface area contributed by atoms with Crippen molar-refractivity contribution in [3.63, 3.8) is 0 Å². The molecule has 7 nitrogen and oxygen atoms in total. The first-order valence-electron chi connectivity index (χ1n) is 8.39. The van der Waals surface area contributed by atoms with Gasteiger partial charge in [0.05, 0.1) is 14.2 Å². The summed E-state index contributed by atoms with van der Waals surface area (Å²) >= 11 is 0. The fourth-order valence-electron chi connectivity index (χ4n) is 2.96. The van der Waals surface area contributed by atoms with Crippen LogP contribution < -0.4 is 20.5 Å². The molecule has 3 aromatic rings. The number of carbonyl (C=O) groups is 2. The number of Topliss-reactive ketones (excluding diaryl/α,β-unsaturated/α-hetero) is 1. The minimum Gasteiger partial charge on any atom is -0.497 e. The van der Waals surface area contributed by atoms with Crippen LogP contribution in [0.15, 0.2) is 48.7 Å². The van der Waals surface area contributed by atoms with Crippen LogP contribution in [0.3, 0.4) is 0 Å². The molecule has 2 aromatic carbocycles. The molecule has 0 radical (unpaired) electrons. The number of nitrogens with two attached hydrogens (primary N) is 1. The standard InChI is InChI=1S/C20H21N3O4/c1-26-13-8-7-12(17(9-13)27-2)10-23-18(20(21)25)19(24)15-11-22-16-6-4-3-5-14(15)16/h3-9,11,18,22-23H,10H2,1-2H3,(H2,21,25). The molecule has 140 valence electrons. The van der Waals surface area contributed by atoms with Crippen LogP contribution in [-0.4, -0.2) is 36.9 Å². The summed E-state index contributed by atoms with van der Waals surface area (Å²) in [6.45, 7) is 0.231. The lowest BCUT2D eigenvalue weighted by atomic mass is 10.0. The average molecular weight is 367 g/mol. The van der Waals surface area contributed by atoms with Crippen molar-refractivity contribution >= 4 is 22.6 Å². The maximum absolute atomic E-state index is 12.9. The van der Waals surface area contributed by atoms with Gasteiger partial charge < -0.3 is 20.2 Å². The van der Waals surface area contributed by atoms with Crippen molar-refractivity contribution in [1.29, 1.82) is 0 Å². The maximum atomic E-state index is 12.9. The molecule has 3 rings (SSSR count). The number of primary amides is 1. The summed E-state index contributed by atoms with van der Waals surface area (Å²) in [4.78, 5) is 27.9. The fourth-order valence-corrected chi connectivity index (χ4v) is 2.96. The predicted molar refractivity (Wildman–Crippen MR) is 102 cm³/mol. The van der Waals surface area contributed by atoms with Crippen molar-refractivity contribution in [3.8, 4) is 11.5 Å². The number of ketones is 1. The first-order chi connectivity index (χ1) is 13.0. The van der Waals surface area contributed by atoms with E-state index in [4.69, 9.17) is 15.2 Å². The van der Waals surface area contributed by atoms with Gasteiger partial charge in [-0.05, 0) is 12.1 Å². The quantitative estimate of drug-likeness (QED) is 0.417. The summed E-state index contributed by atoms with van der Waals surface area (Å²) in [6.07, 6.45) is 1.60. The third-order valence-electron chi connectivity index (χ3n) is 4.39. The summed E-state index contributed by atoms with van der Waals surface area (Å²) in [5, 5.41) is 3.69. The van der Waals surface area contributed by atoms with Gasteiger partial charge in [0.15, 0.2) is 11.8 Å². The van der Waals surface area contributed by atoms with Crippen LogP contribution in [0.25, 0.3) is 10.9 Å². The number of amides is 1. The van der Waals surface area contributed by atoms with Crippen LogP contribution >= 0.6 is 0 Å². The molecular formula is C20H21N3O4. The first kappa shape index (κ1) is 18.5. The van der Waals surface area contributed by atoms with E-state index in [1.807, 2.05) is 24.3 Å². The van der Waals surface area contributed by atoms with Crippen molar-refractivity contribution in [3.05, 3.63) is 59.8 Å². The van der Waals surface area contributed by atoms with Gasteiger partial charge >= 0.3 is 0 Å². The van der Waals surface area contributed by atoms with Gasteiger partial charge in [-0.1, -0.05) is 24.3 Å². The fraction of sp³-hybridized carbons (Fsp3) is 0.200. The lowest BCUT2D eigenvalue weighted by Crippen LogP contribution is -2.46. The Morgan fingerprint density at radius 2 is 1.93 bits per heavy atom. The number of benzene rings is 2. The largest absolute Gasteiger partial charge is 0.497 e. The monoisotopic (exact) mass is 367 g/mol. The zero-order valence-corrected chi connectivity index (χ0v) is 15.1. The summed E-state index contributed by atoms with van der Waals surface area (Å²) in [6, 6.07) is 11.5. The number of nitrogens with one attached hydrogen (secondary N) is 2. The number of hydrogen-bond donors (Lipinski definition) is 3. The Kier molecular flexibility index (Phi) is 5.42. The molecule has 0 aliphatic carbocycles. The molecule has 0 bridgehead atoms. The average Bonchev–Trinajstić information content (AvgIpc) is 3.12. The van der Waals surface area contributed by atoms with Crippen molar-refractivity contribution in [1.82, 2.24) is 10.3 Å². The summed E-state index contributed by atoms with van der Waals surface area (Å²) in [7, 11) is 3.11. The second-order valence-electron chi connectivity index (χ2n) is 6.01. The molecule has 0 aliphatic rings. The van der Waals surface area contributed by atoms with Gasteiger partial charge in [-0.3, -0.25) is 14.9 Å². The molecule has 0 aliphatic heterocycles. The summed E-state index contributed by atoms with van der Waals surface area (Å²) in [5.41, 5.74) is 7.50. The Hall–Kier alpha value is -3.32. The molecule has 7 heteroatoms. The van der Waals surface area contributed by atoms with Crippen molar-refractivity contribution in [2.45, 2.75) is 12.6 Å². The molecule has 0 fully saturated rings. The van der Waals surface area contributed by atoms with E-state index in [-0.39, 0.29) is 12.3 Å². The third kappa shape index (κ3) is 3.78. The maximum Gasteiger partial charge on any atom is 0.242 e. The van der Waals surface area contributed by atoms with Gasteiger partial charge in [0.25, 0.3) is 0 Å². The number of aromatic nitrogens is 1. The van der Waals surface area contributed by atoms with Gasteiger partial charge in [-0.2, -0.15) is 0 Å². The number of ether oxygens (including phenoxy) is 2. The summed E-state index contributed by atoms with van der Waals surface area (Å²) < 4.78 is 10.5. The van der Waals surface area contributed by atoms with E-state index in [1.54, 1.807) is 38.6 Å². The second-order valence-corrected chi connectivity index (χ2v) is 6.01. The van der Waals surface area contributed by atoms with Gasteiger partial charge in [-0.15, -0.1) is 0 Å². The topological polar surface area (TPSA) is 106 Å². The highest BCUT2D eigenvalue weighted by Crippen LogP contribution is 2.25. The van der Waals surface area contributed by atoms with E-state index >= 15 is 0 Å². The van der Waals surface area contributed by atoms with E-state index in [1.165, 1.54) is 0 Å². The zero-order valence-electron chi connectivity index (χ0n) is 15.1. The van der Waals surface area contributed by atoms with E-state index in [2.05, 4.69) is 10.3 Å². The first-order valence-corrected chi connectivity index (χ1v) is 8.39. The lowest BCUT2D eigenvalue weighted by molar-refractivity contribution is -0.118. The minimum atomic E-state index is -1.16. The lowest BCUT2D eigenvalue weighted by Gasteiger charge is -2.16. The highest BCUT2D eigenvalue weighted by atomic mass is 16.5. The van der Waals surface area contributed by atoms with Crippen molar-refractivity contribution in [2.24, 2.45) is 5.73 Å². The number of rotatable bonds is 8. The van der Waals surface area contributed by atoms with Gasteiger partial charge in [-0.25, -0.2) is 0 Å². The number of fused-ring (bicyclic) bond motifs is 1. The Morgan fingerprint density at radius 1 is 1.15 bits per heavy atom. The molecule has 1 heterocycles. The predicted octanol–water partition coefficient (Wildman–Crippen LogP) is 2.01. The summed E-state index contributed by atoms with van der Waals surface area (Å²) in [5.74, 6) is 0.117. The van der Waals surface area contributed by atoms with Crippen molar-refractivity contribution < 1.29 is 19.1 Å². The van der Waals surface area contributed by atoms with Crippen LogP contribution in [0.5, 0.6) is 11.5 Å². The van der Waals surface area contributed by atoms with Crippen LogP contribution in [0.2, 0.25) is 0 Å².